The van der Waals surface area contributed by atoms with Crippen LogP contribution in [0.4, 0.5) is 0 Å². The van der Waals surface area contributed by atoms with E-state index in [4.69, 9.17) is 4.74 Å². The van der Waals surface area contributed by atoms with Crippen LogP contribution in [0.5, 0.6) is 5.75 Å². The summed E-state index contributed by atoms with van der Waals surface area (Å²) >= 11 is 4.74. The van der Waals surface area contributed by atoms with Crippen molar-refractivity contribution in [3.05, 3.63) is 87.9 Å². The zero-order chi connectivity index (χ0) is 24.8. The molecule has 0 bridgehead atoms. The number of benzene rings is 3. The highest BCUT2D eigenvalue weighted by molar-refractivity contribution is 9.10. The van der Waals surface area contributed by atoms with Crippen molar-refractivity contribution in [3.8, 4) is 22.8 Å². The Balaban J connectivity index is 1.48. The van der Waals surface area contributed by atoms with Crippen LogP contribution in [0.15, 0.2) is 81.5 Å². The summed E-state index contributed by atoms with van der Waals surface area (Å²) in [7, 11) is 1.61. The Morgan fingerprint density at radius 3 is 2.40 bits per heavy atom. The number of methoxy groups -OCH3 is 1. The molecule has 0 saturated heterocycles. The molecule has 1 N–H and O–H groups in total. The summed E-state index contributed by atoms with van der Waals surface area (Å²) in [4.78, 5) is 12.4. The van der Waals surface area contributed by atoms with Gasteiger partial charge in [-0.15, -0.1) is 10.2 Å². The summed E-state index contributed by atoms with van der Waals surface area (Å²) < 4.78 is 8.01. The van der Waals surface area contributed by atoms with Gasteiger partial charge in [0.25, 0.3) is 5.91 Å². The first-order valence-corrected chi connectivity index (χ1v) is 12.6. The molecule has 0 aliphatic heterocycles. The van der Waals surface area contributed by atoms with Crippen molar-refractivity contribution in [2.75, 3.05) is 12.9 Å². The minimum atomic E-state index is -0.242. The lowest BCUT2D eigenvalue weighted by atomic mass is 10.1. The lowest BCUT2D eigenvalue weighted by Gasteiger charge is -2.11. The predicted octanol–water partition coefficient (Wildman–Crippen LogP) is 5.56. The smallest absolute Gasteiger partial charge is 0.250 e. The van der Waals surface area contributed by atoms with E-state index in [-0.39, 0.29) is 11.7 Å². The number of nitrogens with one attached hydrogen (secondary N) is 1. The molecule has 178 valence electrons. The van der Waals surface area contributed by atoms with Crippen molar-refractivity contribution in [2.45, 2.75) is 19.0 Å². The normalized spacial score (nSPS) is 11.1. The number of carbonyl (C=O) groups excluding carboxylic acids is 1. The minimum absolute atomic E-state index is 0.140. The molecular weight excluding hydrogens is 526 g/mol. The van der Waals surface area contributed by atoms with Crippen molar-refractivity contribution < 1.29 is 9.53 Å². The van der Waals surface area contributed by atoms with Crippen LogP contribution in [0.25, 0.3) is 17.1 Å². The second-order valence-corrected chi connectivity index (χ2v) is 9.62. The number of aromatic nitrogens is 3. The van der Waals surface area contributed by atoms with Crippen LogP contribution >= 0.6 is 27.7 Å². The zero-order valence-electron chi connectivity index (χ0n) is 19.5. The maximum Gasteiger partial charge on any atom is 0.250 e. The van der Waals surface area contributed by atoms with Gasteiger partial charge in [0.1, 0.15) is 5.75 Å². The fourth-order valence-electron chi connectivity index (χ4n) is 3.28. The molecule has 0 saturated carbocycles. The van der Waals surface area contributed by atoms with E-state index in [1.54, 1.807) is 13.3 Å². The van der Waals surface area contributed by atoms with Crippen LogP contribution in [0, 0.1) is 13.8 Å². The molecule has 0 fully saturated rings. The largest absolute Gasteiger partial charge is 0.496 e. The van der Waals surface area contributed by atoms with E-state index in [0.717, 1.165) is 38.4 Å². The van der Waals surface area contributed by atoms with E-state index in [1.807, 2.05) is 85.1 Å². The topological polar surface area (TPSA) is 81.4 Å². The molecule has 0 aliphatic rings. The molecule has 4 rings (SSSR count). The summed E-state index contributed by atoms with van der Waals surface area (Å²) in [5.41, 5.74) is 7.61. The van der Waals surface area contributed by atoms with Crippen LogP contribution in [-0.4, -0.2) is 39.7 Å². The standard InChI is InChI=1S/C26H24BrN5O2S/c1-17-4-9-20(10-5-17)25-30-31-26(32(25)21-11-6-18(2)7-12-21)35-16-24(33)29-28-15-19-8-13-23(34-3)22(27)14-19/h4-15H,16H2,1-3H3,(H,29,33). The van der Waals surface area contributed by atoms with Gasteiger partial charge in [0.15, 0.2) is 11.0 Å². The first-order chi connectivity index (χ1) is 16.9. The van der Waals surface area contributed by atoms with Crippen molar-refractivity contribution in [2.24, 2.45) is 5.10 Å². The van der Waals surface area contributed by atoms with Crippen LogP contribution in [0.2, 0.25) is 0 Å². The number of hydrazone groups is 1. The molecule has 1 heterocycles. The number of halogens is 1. The average Bonchev–Trinajstić information content (AvgIpc) is 3.28. The Kier molecular flexibility index (Phi) is 7.99. The highest BCUT2D eigenvalue weighted by Crippen LogP contribution is 2.28. The minimum Gasteiger partial charge on any atom is -0.496 e. The van der Waals surface area contributed by atoms with Crippen LogP contribution in [0.1, 0.15) is 16.7 Å². The van der Waals surface area contributed by atoms with Gasteiger partial charge in [-0.3, -0.25) is 9.36 Å². The highest BCUT2D eigenvalue weighted by atomic mass is 79.9. The number of hydrogen-bond acceptors (Lipinski definition) is 6. The molecule has 9 heteroatoms. The molecule has 1 amide bonds. The van der Waals surface area contributed by atoms with Gasteiger partial charge < -0.3 is 4.74 Å². The van der Waals surface area contributed by atoms with Crippen molar-refractivity contribution in [1.29, 1.82) is 0 Å². The number of nitrogens with zero attached hydrogens (tertiary/aromatic N) is 4. The molecule has 3 aromatic carbocycles. The molecule has 0 spiro atoms. The van der Waals surface area contributed by atoms with Gasteiger partial charge in [0, 0.05) is 11.3 Å². The van der Waals surface area contributed by atoms with Gasteiger partial charge in [-0.1, -0.05) is 59.3 Å². The molecule has 4 aromatic rings. The quantitative estimate of drug-likeness (QED) is 0.176. The summed E-state index contributed by atoms with van der Waals surface area (Å²) in [5.74, 6) is 1.35. The molecule has 0 unspecified atom stereocenters. The fraction of sp³-hybridized carbons (Fsp3) is 0.154. The van der Waals surface area contributed by atoms with Gasteiger partial charge in [0.2, 0.25) is 0 Å². The Bertz CT molecular complexity index is 1350. The highest BCUT2D eigenvalue weighted by Gasteiger charge is 2.17. The number of rotatable bonds is 8. The van der Waals surface area contributed by atoms with Gasteiger partial charge in [-0.05, 0) is 65.7 Å². The third-order valence-electron chi connectivity index (χ3n) is 5.15. The van der Waals surface area contributed by atoms with Crippen molar-refractivity contribution >= 4 is 39.8 Å². The average molecular weight is 550 g/mol. The Morgan fingerprint density at radius 1 is 1.06 bits per heavy atom. The van der Waals surface area contributed by atoms with E-state index in [2.05, 4.69) is 36.7 Å². The predicted molar refractivity (Wildman–Crippen MR) is 143 cm³/mol. The maximum absolute atomic E-state index is 12.4. The lowest BCUT2D eigenvalue weighted by Crippen LogP contribution is -2.20. The summed E-state index contributed by atoms with van der Waals surface area (Å²) in [6.45, 7) is 4.09. The summed E-state index contributed by atoms with van der Waals surface area (Å²) in [5, 5.41) is 13.5. The molecule has 0 atom stereocenters. The lowest BCUT2D eigenvalue weighted by molar-refractivity contribution is -0.118. The van der Waals surface area contributed by atoms with Crippen molar-refractivity contribution in [1.82, 2.24) is 20.2 Å². The fourth-order valence-corrected chi connectivity index (χ4v) is 4.59. The molecule has 35 heavy (non-hydrogen) atoms. The molecule has 0 aliphatic carbocycles. The van der Waals surface area contributed by atoms with E-state index in [9.17, 15) is 4.79 Å². The first kappa shape index (κ1) is 24.7. The Hall–Kier alpha value is -3.43. The number of aryl methyl sites for hydroxylation is 2. The molecule has 7 nitrogen and oxygen atoms in total. The van der Waals surface area contributed by atoms with Gasteiger partial charge in [-0.2, -0.15) is 5.10 Å². The number of thioether (sulfide) groups is 1. The van der Waals surface area contributed by atoms with Gasteiger partial charge >= 0.3 is 0 Å². The number of hydrogen-bond donors (Lipinski definition) is 1. The zero-order valence-corrected chi connectivity index (χ0v) is 21.9. The third kappa shape index (κ3) is 6.17. The third-order valence-corrected chi connectivity index (χ3v) is 6.70. The van der Waals surface area contributed by atoms with Gasteiger partial charge in [-0.25, -0.2) is 5.43 Å². The van der Waals surface area contributed by atoms with E-state index >= 15 is 0 Å². The Morgan fingerprint density at radius 2 is 1.74 bits per heavy atom. The van der Waals surface area contributed by atoms with E-state index in [0.29, 0.717) is 5.16 Å². The van der Waals surface area contributed by atoms with Gasteiger partial charge in [0.05, 0.1) is 23.5 Å². The monoisotopic (exact) mass is 549 g/mol. The van der Waals surface area contributed by atoms with Crippen LogP contribution in [-0.2, 0) is 4.79 Å². The molecular formula is C26H24BrN5O2S. The number of carbonyl (C=O) groups is 1. The second kappa shape index (κ2) is 11.3. The van der Waals surface area contributed by atoms with E-state index < -0.39 is 0 Å². The second-order valence-electron chi connectivity index (χ2n) is 7.82. The number of ether oxygens (including phenoxy) is 1. The van der Waals surface area contributed by atoms with Crippen LogP contribution < -0.4 is 10.2 Å². The molecule has 0 radical (unpaired) electrons. The summed E-state index contributed by atoms with van der Waals surface area (Å²) in [6.07, 6.45) is 1.58. The van der Waals surface area contributed by atoms with E-state index in [1.165, 1.54) is 17.3 Å². The first-order valence-electron chi connectivity index (χ1n) is 10.8. The number of amides is 1. The Labute approximate surface area is 216 Å². The maximum atomic E-state index is 12.4. The SMILES string of the molecule is COc1ccc(C=NNC(=O)CSc2nnc(-c3ccc(C)cc3)n2-c2ccc(C)cc2)cc1Br. The van der Waals surface area contributed by atoms with Crippen LogP contribution in [0.3, 0.4) is 0 Å². The van der Waals surface area contributed by atoms with Crippen molar-refractivity contribution in [3.63, 3.8) is 0 Å². The summed E-state index contributed by atoms with van der Waals surface area (Å²) in [6, 6.07) is 21.8. The molecule has 1 aromatic heterocycles.